The van der Waals surface area contributed by atoms with Crippen LogP contribution in [0.25, 0.3) is 0 Å². The van der Waals surface area contributed by atoms with Gasteiger partial charge in [-0.3, -0.25) is 0 Å². The third-order valence-electron chi connectivity index (χ3n) is 2.20. The number of alkyl carbamates (subject to hydrolysis) is 1. The van der Waals surface area contributed by atoms with Crippen molar-refractivity contribution in [3.05, 3.63) is 0 Å². The SMILES string of the molecule is COC(=O)C(O)(CCNC(=O)OC(C)(C)C)C(=O)OC. The van der Waals surface area contributed by atoms with Gasteiger partial charge < -0.3 is 24.6 Å². The summed E-state index contributed by atoms with van der Waals surface area (Å²) >= 11 is 0. The van der Waals surface area contributed by atoms with Crippen LogP contribution < -0.4 is 5.32 Å². The summed E-state index contributed by atoms with van der Waals surface area (Å²) in [5, 5.41) is 12.3. The van der Waals surface area contributed by atoms with Gasteiger partial charge in [0.2, 0.25) is 0 Å². The molecule has 0 aromatic carbocycles. The van der Waals surface area contributed by atoms with Gasteiger partial charge in [0.15, 0.2) is 0 Å². The van der Waals surface area contributed by atoms with E-state index in [0.29, 0.717) is 0 Å². The van der Waals surface area contributed by atoms with E-state index in [9.17, 15) is 19.5 Å². The molecule has 0 heterocycles. The Morgan fingerprint density at radius 2 is 1.50 bits per heavy atom. The Morgan fingerprint density at radius 1 is 1.05 bits per heavy atom. The Hall–Kier alpha value is -1.83. The minimum atomic E-state index is -2.46. The van der Waals surface area contributed by atoms with E-state index in [1.54, 1.807) is 20.8 Å². The molecule has 8 heteroatoms. The summed E-state index contributed by atoms with van der Waals surface area (Å²) in [5.74, 6) is -2.31. The fourth-order valence-corrected chi connectivity index (χ4v) is 1.28. The van der Waals surface area contributed by atoms with Gasteiger partial charge in [-0.25, -0.2) is 14.4 Å². The Morgan fingerprint density at radius 3 is 1.85 bits per heavy atom. The van der Waals surface area contributed by atoms with Crippen LogP contribution in [0.15, 0.2) is 0 Å². The first kappa shape index (κ1) is 18.2. The highest BCUT2D eigenvalue weighted by molar-refractivity contribution is 6.03. The number of methoxy groups -OCH3 is 2. The minimum Gasteiger partial charge on any atom is -0.466 e. The summed E-state index contributed by atoms with van der Waals surface area (Å²) in [6.45, 7) is 4.89. The minimum absolute atomic E-state index is 0.171. The van der Waals surface area contributed by atoms with E-state index in [4.69, 9.17) is 4.74 Å². The van der Waals surface area contributed by atoms with Gasteiger partial charge in [-0.05, 0) is 20.8 Å². The maximum absolute atomic E-state index is 11.4. The number of carbonyl (C=O) groups excluding carboxylic acids is 3. The summed E-state index contributed by atoms with van der Waals surface area (Å²) < 4.78 is 13.6. The summed E-state index contributed by atoms with van der Waals surface area (Å²) in [6, 6.07) is 0. The second-order valence-electron chi connectivity index (χ2n) is 5.02. The van der Waals surface area contributed by atoms with Gasteiger partial charge in [0.1, 0.15) is 5.60 Å². The number of amides is 1. The van der Waals surface area contributed by atoms with E-state index in [1.165, 1.54) is 0 Å². The third kappa shape index (κ3) is 5.43. The van der Waals surface area contributed by atoms with Crippen molar-refractivity contribution in [2.75, 3.05) is 20.8 Å². The van der Waals surface area contributed by atoms with Crippen molar-refractivity contribution in [1.29, 1.82) is 0 Å². The maximum atomic E-state index is 11.4. The van der Waals surface area contributed by atoms with Crippen molar-refractivity contribution in [2.24, 2.45) is 0 Å². The van der Waals surface area contributed by atoms with Crippen molar-refractivity contribution in [2.45, 2.75) is 38.4 Å². The van der Waals surface area contributed by atoms with Crippen LogP contribution in [0.2, 0.25) is 0 Å². The first-order chi connectivity index (χ1) is 9.06. The Kier molecular flexibility index (Phi) is 6.44. The lowest BCUT2D eigenvalue weighted by atomic mass is 10.0. The van der Waals surface area contributed by atoms with Crippen molar-refractivity contribution in [3.63, 3.8) is 0 Å². The van der Waals surface area contributed by atoms with Crippen molar-refractivity contribution >= 4 is 18.0 Å². The van der Waals surface area contributed by atoms with Gasteiger partial charge in [-0.2, -0.15) is 0 Å². The van der Waals surface area contributed by atoms with Gasteiger partial charge in [0, 0.05) is 13.0 Å². The summed E-state index contributed by atoms with van der Waals surface area (Å²) in [7, 11) is 2.05. The molecule has 0 aliphatic rings. The lowest BCUT2D eigenvalue weighted by molar-refractivity contribution is -0.181. The number of nitrogens with one attached hydrogen (secondary N) is 1. The molecule has 0 aliphatic carbocycles. The molecule has 0 fully saturated rings. The molecule has 0 rings (SSSR count). The van der Waals surface area contributed by atoms with Gasteiger partial charge in [-0.15, -0.1) is 0 Å². The molecule has 0 aromatic heterocycles. The van der Waals surface area contributed by atoms with Crippen LogP contribution in [-0.2, 0) is 23.8 Å². The summed E-state index contributed by atoms with van der Waals surface area (Å²) in [4.78, 5) is 34.2. The van der Waals surface area contributed by atoms with E-state index < -0.39 is 35.7 Å². The second-order valence-corrected chi connectivity index (χ2v) is 5.02. The first-order valence-corrected chi connectivity index (χ1v) is 5.93. The number of ether oxygens (including phenoxy) is 3. The zero-order valence-electron chi connectivity index (χ0n) is 12.3. The molecule has 0 atom stereocenters. The zero-order valence-corrected chi connectivity index (χ0v) is 12.3. The third-order valence-corrected chi connectivity index (χ3v) is 2.20. The fourth-order valence-electron chi connectivity index (χ4n) is 1.28. The molecule has 2 N–H and O–H groups in total. The van der Waals surface area contributed by atoms with Crippen molar-refractivity contribution in [3.8, 4) is 0 Å². The summed E-state index contributed by atoms with van der Waals surface area (Å²) in [5.41, 5.74) is -3.14. The molecule has 20 heavy (non-hydrogen) atoms. The van der Waals surface area contributed by atoms with E-state index in [1.807, 2.05) is 0 Å². The van der Waals surface area contributed by atoms with Crippen LogP contribution in [0.3, 0.4) is 0 Å². The highest BCUT2D eigenvalue weighted by Crippen LogP contribution is 2.14. The molecular weight excluding hydrogens is 270 g/mol. The molecule has 0 bridgehead atoms. The zero-order chi connectivity index (χ0) is 16.0. The molecule has 0 saturated heterocycles. The van der Waals surface area contributed by atoms with Gasteiger partial charge >= 0.3 is 18.0 Å². The number of carbonyl (C=O) groups is 3. The molecule has 1 amide bonds. The van der Waals surface area contributed by atoms with Crippen LogP contribution in [0, 0.1) is 0 Å². The molecule has 0 aromatic rings. The topological polar surface area (TPSA) is 111 Å². The number of aliphatic hydroxyl groups is 1. The molecule has 8 nitrogen and oxygen atoms in total. The quantitative estimate of drug-likeness (QED) is 0.416. The maximum Gasteiger partial charge on any atom is 0.407 e. The lowest BCUT2D eigenvalue weighted by Gasteiger charge is -2.23. The molecule has 0 saturated carbocycles. The van der Waals surface area contributed by atoms with Gasteiger partial charge in [-0.1, -0.05) is 0 Å². The number of rotatable bonds is 5. The second kappa shape index (κ2) is 7.09. The normalized spacial score (nSPS) is 11.5. The van der Waals surface area contributed by atoms with Crippen LogP contribution in [0.1, 0.15) is 27.2 Å². The van der Waals surface area contributed by atoms with Crippen LogP contribution in [0.4, 0.5) is 4.79 Å². The molecular formula is C12H21NO7. The largest absolute Gasteiger partial charge is 0.466 e. The first-order valence-electron chi connectivity index (χ1n) is 5.93. The Bertz CT molecular complexity index is 356. The predicted octanol–water partition coefficient (Wildman–Crippen LogP) is -0.0217. The smallest absolute Gasteiger partial charge is 0.407 e. The molecule has 0 spiro atoms. The highest BCUT2D eigenvalue weighted by Gasteiger charge is 2.46. The van der Waals surface area contributed by atoms with E-state index in [-0.39, 0.29) is 6.54 Å². The summed E-state index contributed by atoms with van der Waals surface area (Å²) in [6.07, 6.45) is -1.12. The van der Waals surface area contributed by atoms with Crippen LogP contribution in [0.5, 0.6) is 0 Å². The average molecular weight is 291 g/mol. The van der Waals surface area contributed by atoms with Crippen molar-refractivity contribution < 1.29 is 33.7 Å². The standard InChI is InChI=1S/C12H21NO7/c1-11(2,3)20-10(16)13-7-6-12(17,8(14)18-4)9(15)19-5/h17H,6-7H2,1-5H3,(H,13,16). The number of hydrogen-bond donors (Lipinski definition) is 2. The van der Waals surface area contributed by atoms with E-state index >= 15 is 0 Å². The Balaban J connectivity index is 4.54. The van der Waals surface area contributed by atoms with Gasteiger partial charge in [0.25, 0.3) is 5.60 Å². The lowest BCUT2D eigenvalue weighted by Crippen LogP contribution is -2.50. The predicted molar refractivity (Wildman–Crippen MR) is 67.8 cm³/mol. The van der Waals surface area contributed by atoms with E-state index in [2.05, 4.69) is 14.8 Å². The highest BCUT2D eigenvalue weighted by atomic mass is 16.6. The number of esters is 2. The van der Waals surface area contributed by atoms with Crippen molar-refractivity contribution in [1.82, 2.24) is 5.32 Å². The molecule has 0 aliphatic heterocycles. The molecule has 0 unspecified atom stereocenters. The number of hydrogen-bond acceptors (Lipinski definition) is 7. The fraction of sp³-hybridized carbons (Fsp3) is 0.750. The van der Waals surface area contributed by atoms with Crippen LogP contribution in [-0.4, -0.2) is 55.1 Å². The average Bonchev–Trinajstić information content (AvgIpc) is 2.34. The Labute approximate surface area is 117 Å². The van der Waals surface area contributed by atoms with E-state index in [0.717, 1.165) is 14.2 Å². The van der Waals surface area contributed by atoms with Gasteiger partial charge in [0.05, 0.1) is 14.2 Å². The van der Waals surface area contributed by atoms with Crippen LogP contribution >= 0.6 is 0 Å². The molecule has 116 valence electrons. The molecule has 0 radical (unpaired) electrons. The monoisotopic (exact) mass is 291 g/mol.